The molecule has 1 aliphatic heterocycles. The van der Waals surface area contributed by atoms with Crippen molar-refractivity contribution in [3.8, 4) is 0 Å². The van der Waals surface area contributed by atoms with E-state index in [0.29, 0.717) is 6.54 Å². The number of aromatic nitrogens is 2. The molecule has 1 aromatic heterocycles. The third-order valence-electron chi connectivity index (χ3n) is 1.77. The fraction of sp³-hybridized carbons (Fsp3) is 0.286. The van der Waals surface area contributed by atoms with Gasteiger partial charge in [-0.05, 0) is 0 Å². The second-order valence-corrected chi connectivity index (χ2v) is 2.48. The van der Waals surface area contributed by atoms with Crippen molar-refractivity contribution >= 4 is 17.9 Å². The smallest absolute Gasteiger partial charge is 0.214 e. The van der Waals surface area contributed by atoms with Crippen LogP contribution < -0.4 is 10.2 Å². The van der Waals surface area contributed by atoms with Gasteiger partial charge in [0.05, 0.1) is 6.20 Å². The Morgan fingerprint density at radius 1 is 1.67 bits per heavy atom. The molecule has 0 spiro atoms. The molecule has 5 heteroatoms. The van der Waals surface area contributed by atoms with E-state index < -0.39 is 0 Å². The molecule has 5 nitrogen and oxygen atoms in total. The molecule has 0 fully saturated rings. The second-order valence-electron chi connectivity index (χ2n) is 2.48. The first-order chi connectivity index (χ1) is 5.92. The van der Waals surface area contributed by atoms with Crippen LogP contribution in [0.1, 0.15) is 0 Å². The number of rotatable bonds is 1. The van der Waals surface area contributed by atoms with E-state index >= 15 is 0 Å². The van der Waals surface area contributed by atoms with Crippen molar-refractivity contribution in [2.75, 3.05) is 23.3 Å². The van der Waals surface area contributed by atoms with E-state index in [1.54, 1.807) is 11.1 Å². The highest BCUT2D eigenvalue weighted by Crippen LogP contribution is 2.23. The van der Waals surface area contributed by atoms with Crippen molar-refractivity contribution in [1.29, 1.82) is 0 Å². The summed E-state index contributed by atoms with van der Waals surface area (Å²) in [5.41, 5.74) is 0.749. The Kier molecular flexibility index (Phi) is 1.62. The summed E-state index contributed by atoms with van der Waals surface area (Å²) in [5.74, 6) is 0.725. The van der Waals surface area contributed by atoms with Crippen LogP contribution in [0.2, 0.25) is 0 Å². The molecule has 2 rings (SSSR count). The Bertz CT molecular complexity index is 301. The number of nitrogens with zero attached hydrogens (tertiary/aromatic N) is 3. The van der Waals surface area contributed by atoms with Crippen molar-refractivity contribution in [2.45, 2.75) is 0 Å². The Hall–Kier alpha value is -1.65. The molecule has 0 saturated heterocycles. The normalized spacial score (nSPS) is 14.8. The number of anilines is 2. The van der Waals surface area contributed by atoms with Crippen molar-refractivity contribution in [3.05, 3.63) is 12.5 Å². The lowest BCUT2D eigenvalue weighted by Crippen LogP contribution is -2.33. The fourth-order valence-electron chi connectivity index (χ4n) is 1.19. The van der Waals surface area contributed by atoms with E-state index in [1.807, 2.05) is 0 Å². The molecule has 0 radical (unpaired) electrons. The first-order valence-corrected chi connectivity index (χ1v) is 3.67. The van der Waals surface area contributed by atoms with Gasteiger partial charge in [0, 0.05) is 13.1 Å². The minimum absolute atomic E-state index is 0.671. The zero-order valence-electron chi connectivity index (χ0n) is 6.40. The zero-order chi connectivity index (χ0) is 8.39. The Morgan fingerprint density at radius 2 is 2.58 bits per heavy atom. The highest BCUT2D eigenvalue weighted by Gasteiger charge is 2.15. The molecule has 62 valence electrons. The van der Waals surface area contributed by atoms with Crippen molar-refractivity contribution in [1.82, 2.24) is 9.97 Å². The summed E-state index contributed by atoms with van der Waals surface area (Å²) >= 11 is 0. The summed E-state index contributed by atoms with van der Waals surface area (Å²) in [6.45, 7) is 1.41. The minimum Gasteiger partial charge on any atom is -0.366 e. The van der Waals surface area contributed by atoms with Crippen LogP contribution in [0.4, 0.5) is 11.5 Å². The highest BCUT2D eigenvalue weighted by atomic mass is 16.1. The Labute approximate surface area is 69.4 Å². The van der Waals surface area contributed by atoms with E-state index in [0.717, 1.165) is 24.5 Å². The molecule has 0 unspecified atom stereocenters. The number of carbonyl (C=O) groups is 1. The summed E-state index contributed by atoms with van der Waals surface area (Å²) in [6.07, 6.45) is 3.88. The number of hydrogen-bond donors (Lipinski definition) is 1. The average Bonchev–Trinajstić information content (AvgIpc) is 2.17. The number of amides is 1. The molecule has 0 aromatic carbocycles. The van der Waals surface area contributed by atoms with Gasteiger partial charge in [0.15, 0.2) is 5.82 Å². The summed E-state index contributed by atoms with van der Waals surface area (Å²) in [7, 11) is 0. The number of carbonyl (C=O) groups excluding carboxylic acids is 1. The number of nitrogens with one attached hydrogen (secondary N) is 1. The van der Waals surface area contributed by atoms with Crippen molar-refractivity contribution < 1.29 is 4.79 Å². The Balaban J connectivity index is 2.43. The van der Waals surface area contributed by atoms with Crippen LogP contribution in [0.15, 0.2) is 12.5 Å². The van der Waals surface area contributed by atoms with Crippen molar-refractivity contribution in [3.63, 3.8) is 0 Å². The molecule has 12 heavy (non-hydrogen) atoms. The SMILES string of the molecule is O=CN1CCNc2ncncc21. The van der Waals surface area contributed by atoms with Gasteiger partial charge >= 0.3 is 0 Å². The maximum Gasteiger partial charge on any atom is 0.214 e. The Morgan fingerprint density at radius 3 is 3.42 bits per heavy atom. The van der Waals surface area contributed by atoms with Crippen LogP contribution in [-0.2, 0) is 4.79 Å². The molecule has 1 amide bonds. The van der Waals surface area contributed by atoms with Gasteiger partial charge < -0.3 is 10.2 Å². The van der Waals surface area contributed by atoms with E-state index in [9.17, 15) is 4.79 Å². The van der Waals surface area contributed by atoms with Gasteiger partial charge in [-0.1, -0.05) is 0 Å². The predicted molar refractivity (Wildman–Crippen MR) is 43.9 cm³/mol. The largest absolute Gasteiger partial charge is 0.366 e. The van der Waals surface area contributed by atoms with E-state index in [4.69, 9.17) is 0 Å². The second kappa shape index (κ2) is 2.77. The summed E-state index contributed by atoms with van der Waals surface area (Å²) in [6, 6.07) is 0. The van der Waals surface area contributed by atoms with Crippen LogP contribution in [0.3, 0.4) is 0 Å². The van der Waals surface area contributed by atoms with Gasteiger partial charge in [-0.2, -0.15) is 0 Å². The molecule has 0 bridgehead atoms. The van der Waals surface area contributed by atoms with E-state index in [-0.39, 0.29) is 0 Å². The summed E-state index contributed by atoms with van der Waals surface area (Å²) in [4.78, 5) is 20.0. The van der Waals surface area contributed by atoms with Gasteiger partial charge in [0.1, 0.15) is 12.0 Å². The quantitative estimate of drug-likeness (QED) is 0.587. The lowest BCUT2D eigenvalue weighted by atomic mass is 10.3. The highest BCUT2D eigenvalue weighted by molar-refractivity contribution is 5.82. The average molecular weight is 164 g/mol. The molecular formula is C7H8N4O. The van der Waals surface area contributed by atoms with Gasteiger partial charge in [0.2, 0.25) is 6.41 Å². The molecule has 0 saturated carbocycles. The molecule has 2 heterocycles. The molecule has 1 aromatic rings. The predicted octanol–water partition coefficient (Wildman–Crippen LogP) is -0.135. The van der Waals surface area contributed by atoms with Gasteiger partial charge in [-0.25, -0.2) is 9.97 Å². The fourth-order valence-corrected chi connectivity index (χ4v) is 1.19. The molecular weight excluding hydrogens is 156 g/mol. The van der Waals surface area contributed by atoms with Crippen LogP contribution >= 0.6 is 0 Å². The van der Waals surface area contributed by atoms with Gasteiger partial charge in [-0.15, -0.1) is 0 Å². The van der Waals surface area contributed by atoms with E-state index in [2.05, 4.69) is 15.3 Å². The van der Waals surface area contributed by atoms with Crippen LogP contribution in [0.25, 0.3) is 0 Å². The molecule has 1 N–H and O–H groups in total. The van der Waals surface area contributed by atoms with Crippen molar-refractivity contribution in [2.24, 2.45) is 0 Å². The molecule has 0 atom stereocenters. The number of hydrogen-bond acceptors (Lipinski definition) is 4. The van der Waals surface area contributed by atoms with Crippen LogP contribution in [-0.4, -0.2) is 29.5 Å². The third kappa shape index (κ3) is 0.990. The first kappa shape index (κ1) is 7.02. The summed E-state index contributed by atoms with van der Waals surface area (Å²) < 4.78 is 0. The minimum atomic E-state index is 0.671. The lowest BCUT2D eigenvalue weighted by Gasteiger charge is -2.24. The van der Waals surface area contributed by atoms with E-state index in [1.165, 1.54) is 6.33 Å². The van der Waals surface area contributed by atoms with Gasteiger partial charge in [0.25, 0.3) is 0 Å². The summed E-state index contributed by atoms with van der Waals surface area (Å²) in [5, 5.41) is 3.08. The zero-order valence-corrected chi connectivity index (χ0v) is 6.40. The number of fused-ring (bicyclic) bond motifs is 1. The lowest BCUT2D eigenvalue weighted by molar-refractivity contribution is -0.107. The maximum atomic E-state index is 10.6. The maximum absolute atomic E-state index is 10.6. The van der Waals surface area contributed by atoms with Crippen LogP contribution in [0.5, 0.6) is 0 Å². The first-order valence-electron chi connectivity index (χ1n) is 3.67. The third-order valence-corrected chi connectivity index (χ3v) is 1.77. The monoisotopic (exact) mass is 164 g/mol. The topological polar surface area (TPSA) is 58.1 Å². The van der Waals surface area contributed by atoms with Crippen LogP contribution in [0, 0.1) is 0 Å². The molecule has 1 aliphatic rings. The molecule has 0 aliphatic carbocycles. The standard InChI is InChI=1S/C7H8N4O/c12-5-11-2-1-9-7-6(11)3-8-4-10-7/h3-5H,1-2H2,(H,8,9,10). The van der Waals surface area contributed by atoms with Gasteiger partial charge in [-0.3, -0.25) is 4.79 Å².